The molecule has 0 N–H and O–H groups in total. The molecule has 1 aliphatic rings. The number of hydrogen-bond donors (Lipinski definition) is 0. The lowest BCUT2D eigenvalue weighted by Gasteiger charge is -2.20. The fourth-order valence-electron chi connectivity index (χ4n) is 3.76. The molecule has 28 heavy (non-hydrogen) atoms. The zero-order chi connectivity index (χ0) is 19.9. The van der Waals surface area contributed by atoms with E-state index in [0.717, 1.165) is 28.6 Å². The van der Waals surface area contributed by atoms with Crippen LogP contribution in [0.2, 0.25) is 0 Å². The first kappa shape index (κ1) is 18.4. The van der Waals surface area contributed by atoms with Crippen LogP contribution in [0.25, 0.3) is 11.1 Å². The number of amides is 1. The van der Waals surface area contributed by atoms with Crippen molar-refractivity contribution in [1.82, 2.24) is 0 Å². The molecule has 142 valence electrons. The van der Waals surface area contributed by atoms with Crippen LogP contribution in [-0.4, -0.2) is 27.1 Å². The maximum atomic E-state index is 13.6. The summed E-state index contributed by atoms with van der Waals surface area (Å²) in [6.07, 6.45) is 1.16. The Bertz CT molecular complexity index is 1150. The van der Waals surface area contributed by atoms with E-state index in [1.54, 1.807) is 17.0 Å². The maximum Gasteiger partial charge on any atom is 0.258 e. The van der Waals surface area contributed by atoms with Gasteiger partial charge >= 0.3 is 0 Å². The molecule has 1 atom stereocenters. The van der Waals surface area contributed by atoms with E-state index in [0.29, 0.717) is 12.1 Å². The largest absolute Gasteiger partial charge is 0.307 e. The summed E-state index contributed by atoms with van der Waals surface area (Å²) in [6.45, 7) is 2.67. The van der Waals surface area contributed by atoms with Gasteiger partial charge in [0.25, 0.3) is 5.91 Å². The topological polar surface area (TPSA) is 54.5 Å². The third-order valence-electron chi connectivity index (χ3n) is 5.19. The number of nitrogens with zero attached hydrogens (tertiary/aromatic N) is 1. The second-order valence-corrected chi connectivity index (χ2v) is 9.24. The first-order chi connectivity index (χ1) is 13.4. The average Bonchev–Trinajstić information content (AvgIpc) is 3.04. The molecule has 0 aliphatic carbocycles. The molecule has 3 aromatic rings. The second-order valence-electron chi connectivity index (χ2n) is 7.22. The first-order valence-electron chi connectivity index (χ1n) is 9.16. The van der Waals surface area contributed by atoms with E-state index in [1.807, 2.05) is 54.6 Å². The summed E-state index contributed by atoms with van der Waals surface area (Å²) in [5.41, 5.74) is 4.04. The Balaban J connectivity index is 1.87. The predicted molar refractivity (Wildman–Crippen MR) is 112 cm³/mol. The molecule has 0 spiro atoms. The maximum absolute atomic E-state index is 13.6. The Morgan fingerprint density at radius 2 is 1.64 bits per heavy atom. The van der Waals surface area contributed by atoms with Gasteiger partial charge in [0, 0.05) is 30.0 Å². The van der Waals surface area contributed by atoms with E-state index in [4.69, 9.17) is 0 Å². The molecule has 1 unspecified atom stereocenters. The summed E-state index contributed by atoms with van der Waals surface area (Å²) in [5, 5.41) is 0. The van der Waals surface area contributed by atoms with Crippen molar-refractivity contribution in [3.63, 3.8) is 0 Å². The number of benzene rings is 3. The molecule has 3 aromatic carbocycles. The minimum absolute atomic E-state index is 0.149. The van der Waals surface area contributed by atoms with Crippen molar-refractivity contribution in [3.8, 4) is 11.1 Å². The third kappa shape index (κ3) is 3.22. The molecule has 0 bridgehead atoms. The molecule has 0 radical (unpaired) electrons. The normalized spacial score (nSPS) is 16.1. The quantitative estimate of drug-likeness (QED) is 0.660. The van der Waals surface area contributed by atoms with E-state index in [2.05, 4.69) is 6.92 Å². The summed E-state index contributed by atoms with van der Waals surface area (Å²) in [4.78, 5) is 15.5. The van der Waals surface area contributed by atoms with Crippen LogP contribution in [0.4, 0.5) is 5.69 Å². The van der Waals surface area contributed by atoms with Gasteiger partial charge in [0.05, 0.1) is 4.90 Å². The number of hydrogen-bond acceptors (Lipinski definition) is 3. The summed E-state index contributed by atoms with van der Waals surface area (Å²) in [6, 6.07) is 22.2. The molecule has 0 fully saturated rings. The lowest BCUT2D eigenvalue weighted by Crippen LogP contribution is -2.30. The highest BCUT2D eigenvalue weighted by Gasteiger charge is 2.31. The summed E-state index contributed by atoms with van der Waals surface area (Å²) in [7, 11) is -3.42. The molecule has 5 heteroatoms. The van der Waals surface area contributed by atoms with E-state index < -0.39 is 9.84 Å². The third-order valence-corrected chi connectivity index (χ3v) is 6.30. The van der Waals surface area contributed by atoms with Crippen molar-refractivity contribution in [2.24, 2.45) is 0 Å². The smallest absolute Gasteiger partial charge is 0.258 e. The molecule has 1 amide bonds. The Labute approximate surface area is 165 Å². The lowest BCUT2D eigenvalue weighted by atomic mass is 9.98. The highest BCUT2D eigenvalue weighted by Crippen LogP contribution is 2.38. The summed E-state index contributed by atoms with van der Waals surface area (Å²) < 4.78 is 24.2. The fraction of sp³-hybridized carbons (Fsp3) is 0.174. The van der Waals surface area contributed by atoms with Gasteiger partial charge in [-0.3, -0.25) is 4.79 Å². The van der Waals surface area contributed by atoms with Crippen LogP contribution in [0, 0.1) is 0 Å². The Morgan fingerprint density at radius 1 is 0.964 bits per heavy atom. The Kier molecular flexibility index (Phi) is 4.55. The van der Waals surface area contributed by atoms with Crippen molar-refractivity contribution in [3.05, 3.63) is 83.9 Å². The van der Waals surface area contributed by atoms with Crippen LogP contribution in [0.1, 0.15) is 28.8 Å². The molecule has 1 heterocycles. The van der Waals surface area contributed by atoms with Crippen LogP contribution in [0.3, 0.4) is 0 Å². The lowest BCUT2D eigenvalue weighted by molar-refractivity contribution is 0.0988. The minimum atomic E-state index is -3.42. The van der Waals surface area contributed by atoms with Crippen LogP contribution >= 0.6 is 0 Å². The molecular weight excluding hydrogens is 370 g/mol. The number of fused-ring (bicyclic) bond motifs is 1. The first-order valence-corrected chi connectivity index (χ1v) is 11.1. The van der Waals surface area contributed by atoms with Crippen molar-refractivity contribution in [1.29, 1.82) is 0 Å². The van der Waals surface area contributed by atoms with E-state index in [9.17, 15) is 13.2 Å². The van der Waals surface area contributed by atoms with Gasteiger partial charge in [-0.1, -0.05) is 61.5 Å². The van der Waals surface area contributed by atoms with Gasteiger partial charge in [-0.05, 0) is 34.9 Å². The average molecular weight is 391 g/mol. The highest BCUT2D eigenvalue weighted by molar-refractivity contribution is 7.90. The zero-order valence-electron chi connectivity index (χ0n) is 15.8. The van der Waals surface area contributed by atoms with Crippen molar-refractivity contribution in [2.75, 3.05) is 17.7 Å². The number of anilines is 1. The van der Waals surface area contributed by atoms with Gasteiger partial charge in [0.1, 0.15) is 0 Å². The SMILES string of the molecule is CC1CN(C(=O)c2cc(S(C)(=O)=O)ccc2-c2ccccc2)c2ccccc21. The fourth-order valence-corrected chi connectivity index (χ4v) is 4.41. The van der Waals surface area contributed by atoms with Crippen molar-refractivity contribution < 1.29 is 13.2 Å². The highest BCUT2D eigenvalue weighted by atomic mass is 32.2. The minimum Gasteiger partial charge on any atom is -0.307 e. The van der Waals surface area contributed by atoms with Gasteiger partial charge < -0.3 is 4.90 Å². The number of carbonyl (C=O) groups is 1. The number of para-hydroxylation sites is 1. The molecular formula is C23H21NO3S. The van der Waals surface area contributed by atoms with Crippen LogP contribution in [0.15, 0.2) is 77.7 Å². The Hall–Kier alpha value is -2.92. The van der Waals surface area contributed by atoms with Crippen LogP contribution in [0.5, 0.6) is 0 Å². The van der Waals surface area contributed by atoms with Gasteiger partial charge in [-0.15, -0.1) is 0 Å². The molecule has 0 saturated carbocycles. The standard InChI is InChI=1S/C23H21NO3S/c1-16-15-24(22-11-7-6-10-19(16)22)23(25)21-14-18(28(2,26)27)12-13-20(21)17-8-4-3-5-9-17/h3-14,16H,15H2,1-2H3. The van der Waals surface area contributed by atoms with Crippen LogP contribution in [-0.2, 0) is 9.84 Å². The Morgan fingerprint density at radius 3 is 2.36 bits per heavy atom. The van der Waals surface area contributed by atoms with Crippen molar-refractivity contribution >= 4 is 21.4 Å². The number of rotatable bonds is 3. The van der Waals surface area contributed by atoms with Gasteiger partial charge in [0.15, 0.2) is 9.84 Å². The molecule has 4 rings (SSSR count). The van der Waals surface area contributed by atoms with Gasteiger partial charge in [-0.2, -0.15) is 0 Å². The van der Waals surface area contributed by atoms with E-state index in [1.165, 1.54) is 6.07 Å². The molecule has 0 aromatic heterocycles. The number of carbonyl (C=O) groups excluding carboxylic acids is 1. The molecule has 4 nitrogen and oxygen atoms in total. The number of sulfone groups is 1. The molecule has 1 aliphatic heterocycles. The van der Waals surface area contributed by atoms with Crippen molar-refractivity contribution in [2.45, 2.75) is 17.7 Å². The van der Waals surface area contributed by atoms with Gasteiger partial charge in [0.2, 0.25) is 0 Å². The predicted octanol–water partition coefficient (Wildman–Crippen LogP) is 4.52. The monoisotopic (exact) mass is 391 g/mol. The van der Waals surface area contributed by atoms with Gasteiger partial charge in [-0.25, -0.2) is 8.42 Å². The van der Waals surface area contributed by atoms with Crippen LogP contribution < -0.4 is 4.90 Å². The van der Waals surface area contributed by atoms with E-state index in [-0.39, 0.29) is 16.7 Å². The van der Waals surface area contributed by atoms with E-state index >= 15 is 0 Å². The molecule has 0 saturated heterocycles. The second kappa shape index (κ2) is 6.91. The zero-order valence-corrected chi connectivity index (χ0v) is 16.6. The summed E-state index contributed by atoms with van der Waals surface area (Å²) >= 11 is 0. The summed E-state index contributed by atoms with van der Waals surface area (Å²) in [5.74, 6) is 0.0552.